The fourth-order valence-corrected chi connectivity index (χ4v) is 1.84. The molecule has 0 amide bonds. The molecule has 114 valence electrons. The molecule has 3 heteroatoms. The molecule has 0 N–H and O–H groups in total. The third kappa shape index (κ3) is 6.30. The maximum absolute atomic E-state index is 11.6. The van der Waals surface area contributed by atoms with E-state index in [1.54, 1.807) is 18.2 Å². The second kappa shape index (κ2) is 9.01. The van der Waals surface area contributed by atoms with E-state index < -0.39 is 0 Å². The molecule has 1 rings (SSSR count). The Kier molecular flexibility index (Phi) is 7.30. The average Bonchev–Trinajstić information content (AvgIpc) is 2.46. The number of hydrogen-bond donors (Lipinski definition) is 0. The van der Waals surface area contributed by atoms with Gasteiger partial charge in [0.1, 0.15) is 17.9 Å². The lowest BCUT2D eigenvalue weighted by molar-refractivity contribution is 0.0596. The van der Waals surface area contributed by atoms with Crippen molar-refractivity contribution >= 4 is 5.97 Å². The molecule has 0 aliphatic rings. The molecule has 0 atom stereocenters. The highest BCUT2D eigenvalue weighted by molar-refractivity contribution is 5.92. The number of carbonyl (C=O) groups is 1. The van der Waals surface area contributed by atoms with Crippen molar-refractivity contribution in [3.63, 3.8) is 0 Å². The van der Waals surface area contributed by atoms with Gasteiger partial charge in [0.2, 0.25) is 0 Å². The number of benzene rings is 1. The highest BCUT2D eigenvalue weighted by Gasteiger charge is 2.11. The van der Waals surface area contributed by atoms with Crippen molar-refractivity contribution in [3.05, 3.63) is 53.1 Å². The standard InChI is InChI=1S/C18H24O3/c1-14(2)8-7-9-15(3)12-13-21-17-11-6-5-10-16(17)18(19)20-4/h5-6,8,10-12H,7,9,13H2,1-4H3/b15-12+. The zero-order chi connectivity index (χ0) is 15.7. The Bertz CT molecular complexity index is 523. The number of methoxy groups -OCH3 is 1. The quantitative estimate of drug-likeness (QED) is 0.545. The maximum Gasteiger partial charge on any atom is 0.341 e. The third-order valence-corrected chi connectivity index (χ3v) is 3.05. The van der Waals surface area contributed by atoms with E-state index in [1.165, 1.54) is 18.3 Å². The minimum absolute atomic E-state index is 0.380. The number of ether oxygens (including phenoxy) is 2. The summed E-state index contributed by atoms with van der Waals surface area (Å²) < 4.78 is 10.4. The first-order chi connectivity index (χ1) is 10.0. The Morgan fingerprint density at radius 2 is 1.86 bits per heavy atom. The molecule has 0 unspecified atom stereocenters. The van der Waals surface area contributed by atoms with E-state index >= 15 is 0 Å². The topological polar surface area (TPSA) is 35.5 Å². The van der Waals surface area contributed by atoms with Gasteiger partial charge in [0.15, 0.2) is 0 Å². The van der Waals surface area contributed by atoms with Crippen molar-refractivity contribution in [2.75, 3.05) is 13.7 Å². The molecule has 0 aliphatic carbocycles. The summed E-state index contributed by atoms with van der Waals surface area (Å²) in [7, 11) is 1.37. The predicted molar refractivity (Wildman–Crippen MR) is 85.7 cm³/mol. The molecule has 0 saturated carbocycles. The monoisotopic (exact) mass is 288 g/mol. The van der Waals surface area contributed by atoms with Crippen molar-refractivity contribution in [3.8, 4) is 5.75 Å². The van der Waals surface area contributed by atoms with E-state index in [4.69, 9.17) is 9.47 Å². The molecule has 1 aromatic rings. The highest BCUT2D eigenvalue weighted by atomic mass is 16.5. The predicted octanol–water partition coefficient (Wildman–Crippen LogP) is 4.54. The number of rotatable bonds is 7. The maximum atomic E-state index is 11.6. The molecule has 0 aliphatic heterocycles. The van der Waals surface area contributed by atoms with Crippen LogP contribution in [0.1, 0.15) is 44.0 Å². The molecule has 21 heavy (non-hydrogen) atoms. The lowest BCUT2D eigenvalue weighted by atomic mass is 10.1. The van der Waals surface area contributed by atoms with Gasteiger partial charge in [0.25, 0.3) is 0 Å². The lowest BCUT2D eigenvalue weighted by Gasteiger charge is -2.08. The van der Waals surface area contributed by atoms with Crippen molar-refractivity contribution in [1.82, 2.24) is 0 Å². The van der Waals surface area contributed by atoms with Gasteiger partial charge in [-0.25, -0.2) is 4.79 Å². The molecule has 0 radical (unpaired) electrons. The van der Waals surface area contributed by atoms with Crippen LogP contribution in [0.25, 0.3) is 0 Å². The first-order valence-electron chi connectivity index (χ1n) is 7.13. The SMILES string of the molecule is COC(=O)c1ccccc1OC/C=C(\C)CCC=C(C)C. The van der Waals surface area contributed by atoms with Gasteiger partial charge in [-0.2, -0.15) is 0 Å². The number of esters is 1. The van der Waals surface area contributed by atoms with E-state index in [2.05, 4.69) is 26.8 Å². The van der Waals surface area contributed by atoms with Crippen LogP contribution in [0.4, 0.5) is 0 Å². The second-order valence-corrected chi connectivity index (χ2v) is 5.17. The molecular formula is C18H24O3. The van der Waals surface area contributed by atoms with E-state index in [0.29, 0.717) is 17.9 Å². The lowest BCUT2D eigenvalue weighted by Crippen LogP contribution is -2.05. The summed E-state index contributed by atoms with van der Waals surface area (Å²) in [6.45, 7) is 6.75. The van der Waals surface area contributed by atoms with Crippen molar-refractivity contribution < 1.29 is 14.3 Å². The first-order valence-corrected chi connectivity index (χ1v) is 7.13. The Morgan fingerprint density at radius 1 is 1.14 bits per heavy atom. The molecule has 0 heterocycles. The first kappa shape index (κ1) is 17.0. The zero-order valence-electron chi connectivity index (χ0n) is 13.3. The van der Waals surface area contributed by atoms with Crippen LogP contribution in [0.3, 0.4) is 0 Å². The average molecular weight is 288 g/mol. The van der Waals surface area contributed by atoms with Crippen molar-refractivity contribution in [2.45, 2.75) is 33.6 Å². The van der Waals surface area contributed by atoms with Gasteiger partial charge in [-0.15, -0.1) is 0 Å². The number of carbonyl (C=O) groups excluding carboxylic acids is 1. The van der Waals surface area contributed by atoms with Crippen molar-refractivity contribution in [1.29, 1.82) is 0 Å². The van der Waals surface area contributed by atoms with Crippen LogP contribution in [0, 0.1) is 0 Å². The van der Waals surface area contributed by atoms with Crippen LogP contribution < -0.4 is 4.74 Å². The summed E-state index contributed by atoms with van der Waals surface area (Å²) in [5.41, 5.74) is 3.07. The Hall–Kier alpha value is -2.03. The van der Waals surface area contributed by atoms with Crippen LogP contribution >= 0.6 is 0 Å². The Balaban J connectivity index is 2.56. The third-order valence-electron chi connectivity index (χ3n) is 3.05. The van der Waals surface area contributed by atoms with E-state index in [-0.39, 0.29) is 5.97 Å². The normalized spacial score (nSPS) is 11.0. The molecule has 0 spiro atoms. The molecule has 0 bridgehead atoms. The largest absolute Gasteiger partial charge is 0.489 e. The summed E-state index contributed by atoms with van der Waals surface area (Å²) in [6.07, 6.45) is 6.34. The minimum Gasteiger partial charge on any atom is -0.489 e. The van der Waals surface area contributed by atoms with E-state index in [9.17, 15) is 4.79 Å². The van der Waals surface area contributed by atoms with Gasteiger partial charge in [-0.3, -0.25) is 0 Å². The van der Waals surface area contributed by atoms with Crippen LogP contribution in [-0.4, -0.2) is 19.7 Å². The van der Waals surface area contributed by atoms with Gasteiger partial charge >= 0.3 is 5.97 Å². The van der Waals surface area contributed by atoms with E-state index in [1.807, 2.05) is 12.1 Å². The Labute approximate surface area is 127 Å². The number of allylic oxidation sites excluding steroid dienone is 3. The van der Waals surface area contributed by atoms with Gasteiger partial charge in [-0.1, -0.05) is 29.4 Å². The van der Waals surface area contributed by atoms with Crippen LogP contribution in [-0.2, 0) is 4.74 Å². The van der Waals surface area contributed by atoms with Crippen LogP contribution in [0.15, 0.2) is 47.6 Å². The van der Waals surface area contributed by atoms with Crippen molar-refractivity contribution in [2.24, 2.45) is 0 Å². The highest BCUT2D eigenvalue weighted by Crippen LogP contribution is 2.19. The fraction of sp³-hybridized carbons (Fsp3) is 0.389. The van der Waals surface area contributed by atoms with Crippen LogP contribution in [0.2, 0.25) is 0 Å². The van der Waals surface area contributed by atoms with Gasteiger partial charge in [0.05, 0.1) is 7.11 Å². The number of hydrogen-bond acceptors (Lipinski definition) is 3. The number of para-hydroxylation sites is 1. The summed E-state index contributed by atoms with van der Waals surface area (Å²) in [4.78, 5) is 11.6. The fourth-order valence-electron chi connectivity index (χ4n) is 1.84. The van der Waals surface area contributed by atoms with Crippen LogP contribution in [0.5, 0.6) is 5.75 Å². The zero-order valence-corrected chi connectivity index (χ0v) is 13.3. The molecular weight excluding hydrogens is 264 g/mol. The molecule has 3 nitrogen and oxygen atoms in total. The summed E-state index contributed by atoms with van der Waals surface area (Å²) >= 11 is 0. The molecule has 1 aromatic carbocycles. The van der Waals surface area contributed by atoms with Gasteiger partial charge in [-0.05, 0) is 51.8 Å². The smallest absolute Gasteiger partial charge is 0.341 e. The summed E-state index contributed by atoms with van der Waals surface area (Å²) in [6, 6.07) is 7.11. The molecule has 0 fully saturated rings. The summed E-state index contributed by atoms with van der Waals surface area (Å²) in [5, 5.41) is 0. The minimum atomic E-state index is -0.380. The Morgan fingerprint density at radius 3 is 2.52 bits per heavy atom. The second-order valence-electron chi connectivity index (χ2n) is 5.17. The van der Waals surface area contributed by atoms with Gasteiger partial charge in [0, 0.05) is 0 Å². The van der Waals surface area contributed by atoms with E-state index in [0.717, 1.165) is 12.8 Å². The molecule has 0 saturated heterocycles. The molecule has 0 aromatic heterocycles. The van der Waals surface area contributed by atoms with Gasteiger partial charge < -0.3 is 9.47 Å². The summed E-state index contributed by atoms with van der Waals surface area (Å²) in [5.74, 6) is 0.174.